The molecule has 0 bridgehead atoms. The molecular weight excluding hydrogens is 194 g/mol. The van der Waals surface area contributed by atoms with Gasteiger partial charge in [0.25, 0.3) is 0 Å². The van der Waals surface area contributed by atoms with Gasteiger partial charge in [-0.05, 0) is 12.1 Å². The molecule has 15 heavy (non-hydrogen) atoms. The molecule has 1 atom stereocenters. The zero-order valence-electron chi connectivity index (χ0n) is 8.18. The molecule has 1 aliphatic rings. The van der Waals surface area contributed by atoms with E-state index in [-0.39, 0.29) is 6.10 Å². The molecule has 2 rings (SSSR count). The normalized spacial score (nSPS) is 18.0. The zero-order chi connectivity index (χ0) is 10.5. The van der Waals surface area contributed by atoms with Crippen LogP contribution in [0.3, 0.4) is 0 Å². The average Bonchev–Trinajstić information content (AvgIpc) is 2.29. The minimum Gasteiger partial charge on any atom is -0.486 e. The van der Waals surface area contributed by atoms with Crippen LogP contribution in [-0.2, 0) is 4.79 Å². The van der Waals surface area contributed by atoms with E-state index in [2.05, 4.69) is 4.99 Å². The fourth-order valence-corrected chi connectivity index (χ4v) is 1.46. The van der Waals surface area contributed by atoms with Crippen molar-refractivity contribution in [3.8, 4) is 11.5 Å². The molecule has 4 heteroatoms. The summed E-state index contributed by atoms with van der Waals surface area (Å²) in [4.78, 5) is 13.4. The summed E-state index contributed by atoms with van der Waals surface area (Å²) < 4.78 is 11.2. The number of nitrogens with zero attached hydrogens (tertiary/aromatic N) is 1. The van der Waals surface area contributed by atoms with E-state index in [1.54, 1.807) is 0 Å². The van der Waals surface area contributed by atoms with Crippen molar-refractivity contribution in [1.29, 1.82) is 0 Å². The largest absolute Gasteiger partial charge is 0.486 e. The summed E-state index contributed by atoms with van der Waals surface area (Å²) in [6, 6.07) is 7.53. The molecule has 0 fully saturated rings. The third kappa shape index (κ3) is 2.36. The summed E-state index contributed by atoms with van der Waals surface area (Å²) in [6.45, 7) is 0.936. The summed E-state index contributed by atoms with van der Waals surface area (Å²) in [5, 5.41) is 0. The highest BCUT2D eigenvalue weighted by Crippen LogP contribution is 2.31. The highest BCUT2D eigenvalue weighted by Gasteiger charge is 2.19. The fraction of sp³-hybridized carbons (Fsp3) is 0.364. The van der Waals surface area contributed by atoms with Crippen LogP contribution in [0.1, 0.15) is 6.42 Å². The van der Waals surface area contributed by atoms with E-state index in [1.807, 2.05) is 24.3 Å². The van der Waals surface area contributed by atoms with Gasteiger partial charge < -0.3 is 9.47 Å². The van der Waals surface area contributed by atoms with E-state index >= 15 is 0 Å². The predicted molar refractivity (Wildman–Crippen MR) is 54.0 cm³/mol. The SMILES string of the molecule is O=C=NCCC1COc2ccccc2O1. The van der Waals surface area contributed by atoms with Crippen molar-refractivity contribution in [3.63, 3.8) is 0 Å². The smallest absolute Gasteiger partial charge is 0.234 e. The van der Waals surface area contributed by atoms with Crippen LogP contribution in [0, 0.1) is 0 Å². The lowest BCUT2D eigenvalue weighted by Gasteiger charge is -2.25. The molecule has 1 aliphatic heterocycles. The van der Waals surface area contributed by atoms with E-state index in [1.165, 1.54) is 6.08 Å². The number of hydrogen-bond acceptors (Lipinski definition) is 4. The maximum atomic E-state index is 9.88. The van der Waals surface area contributed by atoms with Gasteiger partial charge in [0.15, 0.2) is 11.5 Å². The molecule has 0 amide bonds. The average molecular weight is 205 g/mol. The van der Waals surface area contributed by atoms with Crippen LogP contribution >= 0.6 is 0 Å². The summed E-state index contributed by atoms with van der Waals surface area (Å²) >= 11 is 0. The molecule has 1 aromatic carbocycles. The van der Waals surface area contributed by atoms with Gasteiger partial charge in [0.2, 0.25) is 6.08 Å². The van der Waals surface area contributed by atoms with Crippen molar-refractivity contribution < 1.29 is 14.3 Å². The van der Waals surface area contributed by atoms with Gasteiger partial charge in [-0.3, -0.25) is 0 Å². The van der Waals surface area contributed by atoms with E-state index in [4.69, 9.17) is 9.47 Å². The Labute approximate surface area is 87.5 Å². The summed E-state index contributed by atoms with van der Waals surface area (Å²) in [6.07, 6.45) is 2.14. The van der Waals surface area contributed by atoms with Crippen molar-refractivity contribution in [2.75, 3.05) is 13.2 Å². The first-order chi connectivity index (χ1) is 7.40. The van der Waals surface area contributed by atoms with Crippen molar-refractivity contribution >= 4 is 6.08 Å². The lowest BCUT2D eigenvalue weighted by atomic mass is 10.2. The molecule has 0 saturated carbocycles. The van der Waals surface area contributed by atoms with Gasteiger partial charge in [-0.1, -0.05) is 12.1 Å². The Morgan fingerprint density at radius 2 is 2.20 bits per heavy atom. The number of fused-ring (bicyclic) bond motifs is 1. The highest BCUT2D eigenvalue weighted by molar-refractivity contribution is 5.40. The maximum Gasteiger partial charge on any atom is 0.234 e. The Kier molecular flexibility index (Phi) is 3.00. The molecule has 1 aromatic rings. The first-order valence-electron chi connectivity index (χ1n) is 4.82. The zero-order valence-corrected chi connectivity index (χ0v) is 8.18. The van der Waals surface area contributed by atoms with Crippen LogP contribution in [0.2, 0.25) is 0 Å². The lowest BCUT2D eigenvalue weighted by Crippen LogP contribution is -2.29. The fourth-order valence-electron chi connectivity index (χ4n) is 1.46. The summed E-state index contributed by atoms with van der Waals surface area (Å²) in [5.41, 5.74) is 0. The van der Waals surface area contributed by atoms with Gasteiger partial charge in [0, 0.05) is 6.42 Å². The molecule has 0 aromatic heterocycles. The molecule has 4 nitrogen and oxygen atoms in total. The molecular formula is C11H11NO3. The predicted octanol–water partition coefficient (Wildman–Crippen LogP) is 1.55. The van der Waals surface area contributed by atoms with Crippen LogP contribution in [0.5, 0.6) is 11.5 Å². The Hall–Kier alpha value is -1.80. The second-order valence-corrected chi connectivity index (χ2v) is 3.26. The Bertz CT molecular complexity index is 385. The van der Waals surface area contributed by atoms with E-state index in [0.717, 1.165) is 11.5 Å². The number of benzene rings is 1. The van der Waals surface area contributed by atoms with Gasteiger partial charge in [-0.15, -0.1) is 0 Å². The Balaban J connectivity index is 1.96. The number of ether oxygens (including phenoxy) is 2. The number of hydrogen-bond donors (Lipinski definition) is 0. The lowest BCUT2D eigenvalue weighted by molar-refractivity contribution is 0.0867. The van der Waals surface area contributed by atoms with Crippen LogP contribution in [0.4, 0.5) is 0 Å². The first-order valence-corrected chi connectivity index (χ1v) is 4.82. The standard InChI is InChI=1S/C11H11NO3/c13-8-12-6-5-9-7-14-10-3-1-2-4-11(10)15-9/h1-4,9H,5-7H2. The van der Waals surface area contributed by atoms with Gasteiger partial charge in [0.05, 0.1) is 6.54 Å². The molecule has 1 heterocycles. The van der Waals surface area contributed by atoms with Crippen LogP contribution in [0.15, 0.2) is 29.3 Å². The quantitative estimate of drug-likeness (QED) is 0.555. The molecule has 0 N–H and O–H groups in total. The van der Waals surface area contributed by atoms with Crippen molar-refractivity contribution in [1.82, 2.24) is 0 Å². The Morgan fingerprint density at radius 1 is 1.40 bits per heavy atom. The highest BCUT2D eigenvalue weighted by atomic mass is 16.6. The van der Waals surface area contributed by atoms with E-state index in [0.29, 0.717) is 19.6 Å². The third-order valence-corrected chi connectivity index (χ3v) is 2.19. The number of carbonyl (C=O) groups excluding carboxylic acids is 1. The second-order valence-electron chi connectivity index (χ2n) is 3.26. The monoisotopic (exact) mass is 205 g/mol. The molecule has 78 valence electrons. The number of isocyanates is 1. The van der Waals surface area contributed by atoms with Crippen LogP contribution in [-0.4, -0.2) is 25.3 Å². The molecule has 0 saturated heterocycles. The Morgan fingerprint density at radius 3 is 3.00 bits per heavy atom. The van der Waals surface area contributed by atoms with Crippen molar-refractivity contribution in [2.45, 2.75) is 12.5 Å². The van der Waals surface area contributed by atoms with Crippen molar-refractivity contribution in [3.05, 3.63) is 24.3 Å². The summed E-state index contributed by atoms with van der Waals surface area (Å²) in [7, 11) is 0. The topological polar surface area (TPSA) is 47.9 Å². The number of para-hydroxylation sites is 2. The minimum absolute atomic E-state index is 0.0306. The van der Waals surface area contributed by atoms with Gasteiger partial charge in [-0.2, -0.15) is 0 Å². The minimum atomic E-state index is -0.0306. The van der Waals surface area contributed by atoms with Crippen molar-refractivity contribution in [2.24, 2.45) is 4.99 Å². The third-order valence-electron chi connectivity index (χ3n) is 2.19. The molecule has 0 spiro atoms. The van der Waals surface area contributed by atoms with Gasteiger partial charge in [0.1, 0.15) is 12.7 Å². The maximum absolute atomic E-state index is 9.88. The molecule has 0 radical (unpaired) electrons. The van der Waals surface area contributed by atoms with E-state index in [9.17, 15) is 4.79 Å². The molecule has 0 aliphatic carbocycles. The number of rotatable bonds is 3. The number of aliphatic imine (C=N–C) groups is 1. The van der Waals surface area contributed by atoms with E-state index < -0.39 is 0 Å². The van der Waals surface area contributed by atoms with Crippen LogP contribution in [0.25, 0.3) is 0 Å². The molecule has 1 unspecified atom stereocenters. The van der Waals surface area contributed by atoms with Crippen LogP contribution < -0.4 is 9.47 Å². The van der Waals surface area contributed by atoms with Gasteiger partial charge in [-0.25, -0.2) is 9.79 Å². The second kappa shape index (κ2) is 4.62. The summed E-state index contributed by atoms with van der Waals surface area (Å²) in [5.74, 6) is 1.52. The first kappa shape index (κ1) is 9.74. The van der Waals surface area contributed by atoms with Gasteiger partial charge >= 0.3 is 0 Å².